The highest BCUT2D eigenvalue weighted by atomic mass is 32.1. The molecule has 4 N–H and O–H groups in total. The number of allylic oxidation sites excluding steroid dienone is 2. The largest absolute Gasteiger partial charge is 0.480 e. The smallest absolute Gasteiger partial charge is 0.326 e. The highest BCUT2D eigenvalue weighted by Gasteiger charge is 2.30. The molecule has 4 aromatic rings. The van der Waals surface area contributed by atoms with Gasteiger partial charge in [0.2, 0.25) is 5.91 Å². The van der Waals surface area contributed by atoms with Crippen molar-refractivity contribution in [2.45, 2.75) is 116 Å². The topological polar surface area (TPSA) is 150 Å². The van der Waals surface area contributed by atoms with Crippen LogP contribution in [0, 0.1) is 17.8 Å². The lowest BCUT2D eigenvalue weighted by Crippen LogP contribution is -2.53. The van der Waals surface area contributed by atoms with Crippen LogP contribution in [0.25, 0.3) is 17.0 Å². The summed E-state index contributed by atoms with van der Waals surface area (Å²) in [6.07, 6.45) is 21.2. The molecule has 3 atom stereocenters. The standard InChI is InChI=1S/C43H54N6O4S/c1-5-6-27-7-11-29(12-8-27)30-15-17-31(18-16-30)33-23-45-39(46-24-33)32-13-9-28(10-14-32)21-35(48-41(51)37-19-20-38(54-37)43(2,3)4)40(50)49-36(42(52)53)22-34-25-44-26-47-34/h9-10,13-14,17,19-20,23-27,29-30,35-36H,5-8,11-12,15-16,18,21-22H2,1-4H3,(H,44,47)(H,48,51)(H,49,50)(H,52,53)/t27?,29?,30?,35-,36+/m0/s1. The Kier molecular flexibility index (Phi) is 12.8. The van der Waals surface area contributed by atoms with Crippen molar-refractivity contribution in [1.29, 1.82) is 0 Å². The molecule has 0 aliphatic heterocycles. The molecule has 11 heteroatoms. The molecule has 1 unspecified atom stereocenters. The first-order chi connectivity index (χ1) is 26.0. The number of aromatic amines is 1. The third kappa shape index (κ3) is 10.1. The molecule has 0 radical (unpaired) electrons. The Hall–Kier alpha value is -4.64. The van der Waals surface area contributed by atoms with E-state index in [9.17, 15) is 19.5 Å². The van der Waals surface area contributed by atoms with E-state index in [1.807, 2.05) is 42.7 Å². The van der Waals surface area contributed by atoms with Crippen molar-refractivity contribution in [2.24, 2.45) is 17.8 Å². The molecule has 54 heavy (non-hydrogen) atoms. The minimum absolute atomic E-state index is 0.0207. The van der Waals surface area contributed by atoms with Crippen LogP contribution in [0.5, 0.6) is 0 Å². The third-order valence-electron chi connectivity index (χ3n) is 11.2. The summed E-state index contributed by atoms with van der Waals surface area (Å²) in [4.78, 5) is 57.0. The van der Waals surface area contributed by atoms with Crippen LogP contribution in [0.1, 0.15) is 117 Å². The molecule has 0 spiro atoms. The maximum atomic E-state index is 13.7. The molecule has 3 aromatic heterocycles. The van der Waals surface area contributed by atoms with E-state index < -0.39 is 24.0 Å². The molecule has 1 aromatic carbocycles. The molecule has 0 bridgehead atoms. The summed E-state index contributed by atoms with van der Waals surface area (Å²) in [5.41, 5.74) is 4.49. The number of carboxylic acids is 1. The van der Waals surface area contributed by atoms with Gasteiger partial charge in [0.05, 0.1) is 11.2 Å². The molecule has 6 rings (SSSR count). The van der Waals surface area contributed by atoms with Crippen LogP contribution in [0.15, 0.2) is 67.4 Å². The summed E-state index contributed by atoms with van der Waals surface area (Å²) in [5, 5.41) is 15.4. The molecule has 1 saturated carbocycles. The number of amides is 2. The van der Waals surface area contributed by atoms with Crippen LogP contribution in [0.4, 0.5) is 0 Å². The van der Waals surface area contributed by atoms with Gasteiger partial charge in [-0.05, 0) is 78.5 Å². The fourth-order valence-electron chi connectivity index (χ4n) is 7.96. The molecule has 2 aliphatic carbocycles. The van der Waals surface area contributed by atoms with Crippen LogP contribution in [0.3, 0.4) is 0 Å². The van der Waals surface area contributed by atoms with Gasteiger partial charge in [-0.15, -0.1) is 11.3 Å². The first kappa shape index (κ1) is 39.1. The fourth-order valence-corrected chi connectivity index (χ4v) is 8.93. The number of aliphatic carboxylic acids is 1. The van der Waals surface area contributed by atoms with Gasteiger partial charge in [-0.3, -0.25) is 9.59 Å². The average Bonchev–Trinajstić information content (AvgIpc) is 3.89. The predicted octanol–water partition coefficient (Wildman–Crippen LogP) is 8.17. The number of hydrogen-bond donors (Lipinski definition) is 4. The maximum Gasteiger partial charge on any atom is 0.326 e. The van der Waals surface area contributed by atoms with Crippen LogP contribution >= 0.6 is 11.3 Å². The quantitative estimate of drug-likeness (QED) is 0.102. The Morgan fingerprint density at radius 3 is 2.22 bits per heavy atom. The van der Waals surface area contributed by atoms with E-state index in [1.54, 1.807) is 6.07 Å². The molecule has 2 aliphatic rings. The van der Waals surface area contributed by atoms with E-state index >= 15 is 0 Å². The molecule has 286 valence electrons. The number of nitrogens with zero attached hydrogens (tertiary/aromatic N) is 3. The second-order valence-corrected chi connectivity index (χ2v) is 17.2. The lowest BCUT2D eigenvalue weighted by atomic mass is 9.70. The lowest BCUT2D eigenvalue weighted by Gasteiger charge is -2.35. The van der Waals surface area contributed by atoms with Crippen LogP contribution < -0.4 is 10.6 Å². The van der Waals surface area contributed by atoms with Gasteiger partial charge in [-0.1, -0.05) is 83.7 Å². The number of carboxylic acid groups (broad SMARTS) is 1. The predicted molar refractivity (Wildman–Crippen MR) is 213 cm³/mol. The molecular weight excluding hydrogens is 697 g/mol. The minimum Gasteiger partial charge on any atom is -0.480 e. The van der Waals surface area contributed by atoms with Crippen molar-refractivity contribution in [1.82, 2.24) is 30.6 Å². The Bertz CT molecular complexity index is 1890. The van der Waals surface area contributed by atoms with Crippen molar-refractivity contribution >= 4 is 34.7 Å². The Morgan fingerprint density at radius 1 is 0.889 bits per heavy atom. The number of rotatable bonds is 14. The van der Waals surface area contributed by atoms with Gasteiger partial charge >= 0.3 is 5.97 Å². The first-order valence-electron chi connectivity index (χ1n) is 19.5. The van der Waals surface area contributed by atoms with Crippen LogP contribution in [0.2, 0.25) is 0 Å². The van der Waals surface area contributed by atoms with E-state index in [0.29, 0.717) is 16.4 Å². The summed E-state index contributed by atoms with van der Waals surface area (Å²) in [7, 11) is 0. The molecular formula is C43H54N6O4S. The molecule has 10 nitrogen and oxygen atoms in total. The highest BCUT2D eigenvalue weighted by Crippen LogP contribution is 2.42. The van der Waals surface area contributed by atoms with Crippen molar-refractivity contribution in [2.75, 3.05) is 0 Å². The molecule has 3 heterocycles. The van der Waals surface area contributed by atoms with Gasteiger partial charge in [0, 0.05) is 53.1 Å². The summed E-state index contributed by atoms with van der Waals surface area (Å²) < 4.78 is 0. The highest BCUT2D eigenvalue weighted by molar-refractivity contribution is 7.14. The number of imidazole rings is 1. The second-order valence-electron chi connectivity index (χ2n) is 16.2. The van der Waals surface area contributed by atoms with Crippen molar-refractivity contribution in [3.8, 4) is 11.4 Å². The number of aromatic nitrogens is 4. The van der Waals surface area contributed by atoms with Crippen molar-refractivity contribution in [3.05, 3.63) is 94.0 Å². The molecule has 2 amide bonds. The number of thiophene rings is 1. The summed E-state index contributed by atoms with van der Waals surface area (Å²) in [6, 6.07) is 9.05. The zero-order chi connectivity index (χ0) is 38.2. The number of hydrogen-bond acceptors (Lipinski definition) is 7. The van der Waals surface area contributed by atoms with Gasteiger partial charge in [-0.2, -0.15) is 0 Å². The van der Waals surface area contributed by atoms with Gasteiger partial charge in [0.25, 0.3) is 5.91 Å². The normalized spacial score (nSPS) is 20.1. The summed E-state index contributed by atoms with van der Waals surface area (Å²) >= 11 is 1.38. The minimum atomic E-state index is -1.21. The van der Waals surface area contributed by atoms with Gasteiger partial charge < -0.3 is 20.7 Å². The van der Waals surface area contributed by atoms with Crippen molar-refractivity contribution in [3.63, 3.8) is 0 Å². The van der Waals surface area contributed by atoms with Gasteiger partial charge in [-0.25, -0.2) is 19.7 Å². The van der Waals surface area contributed by atoms with E-state index in [2.05, 4.69) is 54.4 Å². The number of H-pyrrole nitrogens is 1. The molecule has 1 fully saturated rings. The van der Waals surface area contributed by atoms with Crippen molar-refractivity contribution < 1.29 is 19.5 Å². The maximum absolute atomic E-state index is 13.7. The second kappa shape index (κ2) is 17.7. The summed E-state index contributed by atoms with van der Waals surface area (Å²) in [6.45, 7) is 8.54. The first-order valence-corrected chi connectivity index (χ1v) is 20.3. The Morgan fingerprint density at radius 2 is 1.63 bits per heavy atom. The zero-order valence-electron chi connectivity index (χ0n) is 31.9. The van der Waals surface area contributed by atoms with Crippen LogP contribution in [-0.2, 0) is 27.8 Å². The Balaban J connectivity index is 1.11. The van der Waals surface area contributed by atoms with E-state index in [-0.39, 0.29) is 24.2 Å². The fraction of sp³-hybridized carbons (Fsp3) is 0.488. The Labute approximate surface area is 322 Å². The number of carbonyl (C=O) groups is 3. The van der Waals surface area contributed by atoms with E-state index in [4.69, 9.17) is 9.97 Å². The summed E-state index contributed by atoms with van der Waals surface area (Å²) in [5.74, 6) is 1.06. The SMILES string of the molecule is CCCC1CCC(C2CC=C(c3cnc(-c4ccc(C[C@H](NC(=O)c5ccc(C(C)(C)C)s5)C(=O)N[C@H](Cc5cnc[nH]5)C(=O)O)cc4)nc3)CC2)CC1. The van der Waals surface area contributed by atoms with Crippen LogP contribution in [-0.4, -0.2) is 54.9 Å². The average molecular weight is 751 g/mol. The third-order valence-corrected chi connectivity index (χ3v) is 12.7. The van der Waals surface area contributed by atoms with E-state index in [0.717, 1.165) is 52.2 Å². The monoisotopic (exact) mass is 750 g/mol. The van der Waals surface area contributed by atoms with E-state index in [1.165, 1.54) is 74.4 Å². The lowest BCUT2D eigenvalue weighted by molar-refractivity contribution is -0.142. The zero-order valence-corrected chi connectivity index (χ0v) is 32.8. The van der Waals surface area contributed by atoms with Gasteiger partial charge in [0.1, 0.15) is 12.1 Å². The molecule has 0 saturated heterocycles. The number of carbonyl (C=O) groups excluding carboxylic acids is 2. The van der Waals surface area contributed by atoms with Gasteiger partial charge in [0.15, 0.2) is 5.82 Å². The number of benzene rings is 1. The number of nitrogens with one attached hydrogen (secondary N) is 3.